The second kappa shape index (κ2) is 8.23. The molecule has 1 amide bonds. The van der Waals surface area contributed by atoms with Gasteiger partial charge in [-0.2, -0.15) is 0 Å². The number of aliphatic hydroxyl groups is 1. The molecule has 0 bridgehead atoms. The highest BCUT2D eigenvalue weighted by molar-refractivity contribution is 6.00. The second-order valence-corrected chi connectivity index (χ2v) is 8.78. The third-order valence-corrected chi connectivity index (χ3v) is 6.74. The second-order valence-electron chi connectivity index (χ2n) is 8.78. The van der Waals surface area contributed by atoms with Gasteiger partial charge in [0.2, 0.25) is 5.91 Å². The van der Waals surface area contributed by atoms with Gasteiger partial charge in [0, 0.05) is 17.7 Å². The zero-order valence-electron chi connectivity index (χ0n) is 17.3. The number of fused-ring (bicyclic) bond motifs is 2. The maximum atomic E-state index is 13.6. The largest absolute Gasteiger partial charge is 0.393 e. The third-order valence-electron chi connectivity index (χ3n) is 6.74. The lowest BCUT2D eigenvalue weighted by molar-refractivity contribution is -0.123. The third kappa shape index (κ3) is 3.74. The molecule has 2 aromatic rings. The molecule has 1 aliphatic heterocycles. The fraction of sp³-hybridized carbons (Fsp3) is 0.440. The van der Waals surface area contributed by atoms with Crippen LogP contribution < -0.4 is 10.2 Å². The number of aliphatic hydroxyl groups excluding tert-OH is 1. The number of nitrogens with zero attached hydrogens (tertiary/aromatic N) is 2. The average Bonchev–Trinajstić information content (AvgIpc) is 2.96. The van der Waals surface area contributed by atoms with E-state index in [9.17, 15) is 9.90 Å². The fourth-order valence-electron chi connectivity index (χ4n) is 4.97. The molecule has 1 saturated carbocycles. The molecule has 30 heavy (non-hydrogen) atoms. The molecule has 0 radical (unpaired) electrons. The normalized spacial score (nSPS) is 21.7. The van der Waals surface area contributed by atoms with Crippen LogP contribution >= 0.6 is 0 Å². The topological polar surface area (TPSA) is 65.5 Å². The molecule has 1 fully saturated rings. The highest BCUT2D eigenvalue weighted by atomic mass is 16.3. The summed E-state index contributed by atoms with van der Waals surface area (Å²) in [6.07, 6.45) is 11.5. The van der Waals surface area contributed by atoms with E-state index >= 15 is 0 Å². The van der Waals surface area contributed by atoms with E-state index in [0.717, 1.165) is 66.8 Å². The maximum Gasteiger partial charge on any atom is 0.230 e. The van der Waals surface area contributed by atoms with Crippen LogP contribution in [0.2, 0.25) is 0 Å². The van der Waals surface area contributed by atoms with E-state index in [1.807, 2.05) is 17.0 Å². The van der Waals surface area contributed by atoms with Gasteiger partial charge in [0.1, 0.15) is 5.82 Å². The quantitative estimate of drug-likeness (QED) is 0.725. The van der Waals surface area contributed by atoms with Crippen LogP contribution in [0, 0.1) is 5.92 Å². The number of amides is 1. The molecule has 2 heterocycles. The molecule has 3 aliphatic rings. The summed E-state index contributed by atoms with van der Waals surface area (Å²) < 4.78 is 0. The Morgan fingerprint density at radius 1 is 1.13 bits per heavy atom. The van der Waals surface area contributed by atoms with E-state index in [0.29, 0.717) is 13.0 Å². The number of allylic oxidation sites excluding steroid dienone is 1. The predicted molar refractivity (Wildman–Crippen MR) is 120 cm³/mol. The lowest BCUT2D eigenvalue weighted by Gasteiger charge is -2.30. The first-order chi connectivity index (χ1) is 14.7. The Bertz CT molecular complexity index is 978. The summed E-state index contributed by atoms with van der Waals surface area (Å²) in [7, 11) is 0. The van der Waals surface area contributed by atoms with E-state index < -0.39 is 0 Å². The number of anilines is 3. The van der Waals surface area contributed by atoms with Crippen molar-refractivity contribution >= 4 is 28.7 Å². The zero-order chi connectivity index (χ0) is 20.5. The number of benzene rings is 1. The molecule has 5 heteroatoms. The molecule has 1 aromatic carbocycles. The zero-order valence-corrected chi connectivity index (χ0v) is 17.3. The molecular formula is C25H29N3O2. The molecule has 1 aromatic heterocycles. The average molecular weight is 404 g/mol. The molecule has 5 nitrogen and oxygen atoms in total. The first kappa shape index (κ1) is 19.3. The first-order valence-corrected chi connectivity index (χ1v) is 11.2. The number of rotatable bonds is 2. The summed E-state index contributed by atoms with van der Waals surface area (Å²) in [5, 5.41) is 13.3. The van der Waals surface area contributed by atoms with Gasteiger partial charge >= 0.3 is 0 Å². The standard InChI is InChI=1S/C25H29N3O2/c29-21-11-8-17(9-12-21)19-10-13-22-23(15-19)28(25(30)18-5-2-1-3-6-18)16-20-7-4-14-26-24(20)27-22/h4,7-8,10,13-15,18,21,29H,1-3,5-6,9,11-12,16H2,(H,26,27). The Morgan fingerprint density at radius 2 is 2.00 bits per heavy atom. The Balaban J connectivity index is 1.55. The van der Waals surface area contributed by atoms with E-state index in [4.69, 9.17) is 0 Å². The van der Waals surface area contributed by atoms with Gasteiger partial charge in [-0.25, -0.2) is 4.98 Å². The summed E-state index contributed by atoms with van der Waals surface area (Å²) in [6, 6.07) is 10.3. The van der Waals surface area contributed by atoms with Crippen LogP contribution in [0.4, 0.5) is 17.2 Å². The van der Waals surface area contributed by atoms with E-state index in [-0.39, 0.29) is 17.9 Å². The van der Waals surface area contributed by atoms with Crippen LogP contribution in [0.15, 0.2) is 42.6 Å². The number of pyridine rings is 1. The monoisotopic (exact) mass is 403 g/mol. The number of carbonyl (C=O) groups is 1. The molecule has 0 spiro atoms. The van der Waals surface area contributed by atoms with Crippen LogP contribution in [0.5, 0.6) is 0 Å². The minimum absolute atomic E-state index is 0.109. The van der Waals surface area contributed by atoms with Crippen molar-refractivity contribution in [1.29, 1.82) is 0 Å². The number of nitrogens with one attached hydrogen (secondary N) is 1. The summed E-state index contributed by atoms with van der Waals surface area (Å²) in [5.41, 5.74) is 5.31. The molecule has 2 aliphatic carbocycles. The van der Waals surface area contributed by atoms with E-state index in [1.165, 1.54) is 12.0 Å². The van der Waals surface area contributed by atoms with Crippen molar-refractivity contribution in [3.8, 4) is 0 Å². The van der Waals surface area contributed by atoms with Crippen molar-refractivity contribution < 1.29 is 9.90 Å². The highest BCUT2D eigenvalue weighted by Crippen LogP contribution is 2.40. The summed E-state index contributed by atoms with van der Waals surface area (Å²) in [6.45, 7) is 0.541. The molecule has 1 atom stereocenters. The first-order valence-electron chi connectivity index (χ1n) is 11.2. The maximum absolute atomic E-state index is 13.6. The minimum atomic E-state index is -0.235. The number of hydrogen-bond acceptors (Lipinski definition) is 4. The minimum Gasteiger partial charge on any atom is -0.393 e. The van der Waals surface area contributed by atoms with Gasteiger partial charge in [0.05, 0.1) is 24.0 Å². The molecule has 2 N–H and O–H groups in total. The Kier molecular flexibility index (Phi) is 5.30. The van der Waals surface area contributed by atoms with Crippen molar-refractivity contribution in [3.63, 3.8) is 0 Å². The number of aromatic nitrogens is 1. The Labute approximate surface area is 177 Å². The fourth-order valence-corrected chi connectivity index (χ4v) is 4.97. The summed E-state index contributed by atoms with van der Waals surface area (Å²) in [4.78, 5) is 20.1. The van der Waals surface area contributed by atoms with Crippen LogP contribution in [-0.4, -0.2) is 22.1 Å². The Morgan fingerprint density at radius 3 is 2.80 bits per heavy atom. The van der Waals surface area contributed by atoms with Gasteiger partial charge in [-0.1, -0.05) is 37.5 Å². The number of carbonyl (C=O) groups excluding carboxylic acids is 1. The van der Waals surface area contributed by atoms with Crippen molar-refractivity contribution in [2.45, 2.75) is 64.0 Å². The summed E-state index contributed by atoms with van der Waals surface area (Å²) in [5.74, 6) is 1.17. The van der Waals surface area contributed by atoms with Crippen molar-refractivity contribution in [3.05, 3.63) is 53.7 Å². The van der Waals surface area contributed by atoms with Gasteiger partial charge < -0.3 is 15.3 Å². The molecule has 1 unspecified atom stereocenters. The van der Waals surface area contributed by atoms with Gasteiger partial charge in [-0.3, -0.25) is 4.79 Å². The highest BCUT2D eigenvalue weighted by Gasteiger charge is 2.31. The Hall–Kier alpha value is -2.66. The molecule has 0 saturated heterocycles. The van der Waals surface area contributed by atoms with Gasteiger partial charge in [-0.05, 0) is 61.4 Å². The molecule has 156 valence electrons. The predicted octanol–water partition coefficient (Wildman–Crippen LogP) is 5.18. The van der Waals surface area contributed by atoms with Gasteiger partial charge in [0.25, 0.3) is 0 Å². The van der Waals surface area contributed by atoms with Gasteiger partial charge in [0.15, 0.2) is 0 Å². The molecular weight excluding hydrogens is 374 g/mol. The smallest absolute Gasteiger partial charge is 0.230 e. The van der Waals surface area contributed by atoms with E-state index in [2.05, 4.69) is 34.6 Å². The lowest BCUT2D eigenvalue weighted by atomic mass is 9.87. The van der Waals surface area contributed by atoms with Crippen molar-refractivity contribution in [2.75, 3.05) is 10.2 Å². The van der Waals surface area contributed by atoms with E-state index in [1.54, 1.807) is 6.20 Å². The number of hydrogen-bond donors (Lipinski definition) is 2. The van der Waals surface area contributed by atoms with Crippen LogP contribution in [0.25, 0.3) is 5.57 Å². The van der Waals surface area contributed by atoms with Crippen LogP contribution in [-0.2, 0) is 11.3 Å². The van der Waals surface area contributed by atoms with Crippen molar-refractivity contribution in [2.24, 2.45) is 5.92 Å². The van der Waals surface area contributed by atoms with Crippen molar-refractivity contribution in [1.82, 2.24) is 4.98 Å². The SMILES string of the molecule is O=C(C1CCCCC1)N1Cc2cccnc2Nc2ccc(C3=CCC(O)CC3)cc21. The molecule has 5 rings (SSSR count). The van der Waals surface area contributed by atoms with Crippen LogP contribution in [0.1, 0.15) is 62.5 Å². The summed E-state index contributed by atoms with van der Waals surface area (Å²) >= 11 is 0. The van der Waals surface area contributed by atoms with Crippen LogP contribution in [0.3, 0.4) is 0 Å². The lowest BCUT2D eigenvalue weighted by Crippen LogP contribution is -2.36. The van der Waals surface area contributed by atoms with Gasteiger partial charge in [-0.15, -0.1) is 0 Å².